The largest absolute Gasteiger partial charge is 0.368 e. The summed E-state index contributed by atoms with van der Waals surface area (Å²) in [6, 6.07) is 5.10. The van der Waals surface area contributed by atoms with Crippen LogP contribution in [-0.4, -0.2) is 32.8 Å². The molecule has 8 heteroatoms. The molecule has 1 aromatic rings. The number of hydrogen-bond donors (Lipinski definition) is 2. The van der Waals surface area contributed by atoms with Gasteiger partial charge in [-0.2, -0.15) is 4.72 Å². The van der Waals surface area contributed by atoms with E-state index in [0.717, 1.165) is 6.42 Å². The second kappa shape index (κ2) is 7.31. The van der Waals surface area contributed by atoms with Crippen molar-refractivity contribution < 1.29 is 18.0 Å². The molecule has 1 atom stereocenters. The molecular weight excluding hydrogens is 330 g/mol. The van der Waals surface area contributed by atoms with E-state index in [9.17, 15) is 18.0 Å². The number of nitrogens with zero attached hydrogens (tertiary/aromatic N) is 1. The van der Waals surface area contributed by atoms with Gasteiger partial charge >= 0.3 is 0 Å². The summed E-state index contributed by atoms with van der Waals surface area (Å²) in [6.07, 6.45) is 1.64. The van der Waals surface area contributed by atoms with E-state index in [1.165, 1.54) is 12.1 Å². The molecule has 1 aliphatic heterocycles. The Morgan fingerprint density at radius 3 is 2.38 bits per heavy atom. The fourth-order valence-corrected chi connectivity index (χ4v) is 3.89. The van der Waals surface area contributed by atoms with Gasteiger partial charge < -0.3 is 10.6 Å². The molecule has 24 heavy (non-hydrogen) atoms. The number of nitrogens with two attached hydrogens (primary N) is 1. The second-order valence-corrected chi connectivity index (χ2v) is 8.06. The zero-order chi connectivity index (χ0) is 17.9. The van der Waals surface area contributed by atoms with E-state index in [1.54, 1.807) is 17.0 Å². The summed E-state index contributed by atoms with van der Waals surface area (Å²) in [7, 11) is -3.86. The molecule has 1 saturated heterocycles. The van der Waals surface area contributed by atoms with Gasteiger partial charge in [-0.25, -0.2) is 8.42 Å². The smallest absolute Gasteiger partial charge is 0.241 e. The van der Waals surface area contributed by atoms with Gasteiger partial charge in [0.25, 0.3) is 0 Å². The molecule has 0 saturated carbocycles. The van der Waals surface area contributed by atoms with Gasteiger partial charge in [0.2, 0.25) is 21.8 Å². The fourth-order valence-electron chi connectivity index (χ4n) is 2.68. The topological polar surface area (TPSA) is 110 Å². The van der Waals surface area contributed by atoms with Crippen molar-refractivity contribution in [2.45, 2.75) is 44.0 Å². The third-order valence-electron chi connectivity index (χ3n) is 3.88. The van der Waals surface area contributed by atoms with E-state index in [4.69, 9.17) is 5.73 Å². The number of carbonyl (C=O) groups is 2. The zero-order valence-corrected chi connectivity index (χ0v) is 14.7. The van der Waals surface area contributed by atoms with Crippen LogP contribution in [-0.2, 0) is 19.6 Å². The van der Waals surface area contributed by atoms with Gasteiger partial charge in [0, 0.05) is 18.7 Å². The minimum absolute atomic E-state index is 0.0351. The quantitative estimate of drug-likeness (QED) is 0.762. The average molecular weight is 353 g/mol. The van der Waals surface area contributed by atoms with Crippen molar-refractivity contribution in [1.82, 2.24) is 4.72 Å². The van der Waals surface area contributed by atoms with Crippen LogP contribution in [0.2, 0.25) is 0 Å². The summed E-state index contributed by atoms with van der Waals surface area (Å²) < 4.78 is 27.2. The molecule has 132 valence electrons. The van der Waals surface area contributed by atoms with E-state index in [2.05, 4.69) is 4.72 Å². The Morgan fingerprint density at radius 2 is 1.92 bits per heavy atom. The van der Waals surface area contributed by atoms with Crippen molar-refractivity contribution in [3.05, 3.63) is 24.3 Å². The maximum absolute atomic E-state index is 12.4. The molecule has 2 amide bonds. The fraction of sp³-hybridized carbons (Fsp3) is 0.500. The zero-order valence-electron chi connectivity index (χ0n) is 13.9. The Kier molecular flexibility index (Phi) is 5.61. The molecular formula is C16H23N3O4S. The highest BCUT2D eigenvalue weighted by molar-refractivity contribution is 7.89. The van der Waals surface area contributed by atoms with Crippen molar-refractivity contribution in [1.29, 1.82) is 0 Å². The van der Waals surface area contributed by atoms with Crippen LogP contribution in [0.5, 0.6) is 0 Å². The van der Waals surface area contributed by atoms with Crippen LogP contribution in [0.15, 0.2) is 29.2 Å². The number of sulfonamides is 1. The lowest BCUT2D eigenvalue weighted by Crippen LogP contribution is -2.45. The number of nitrogens with one attached hydrogen (secondary N) is 1. The number of rotatable bonds is 7. The third kappa shape index (κ3) is 4.33. The lowest BCUT2D eigenvalue weighted by Gasteiger charge is -2.18. The molecule has 0 spiro atoms. The Labute approximate surface area is 142 Å². The molecule has 1 heterocycles. The van der Waals surface area contributed by atoms with E-state index >= 15 is 0 Å². The molecule has 7 nitrogen and oxygen atoms in total. The van der Waals surface area contributed by atoms with E-state index in [1.807, 2.05) is 13.8 Å². The number of benzene rings is 1. The van der Waals surface area contributed by atoms with Crippen molar-refractivity contribution in [2.24, 2.45) is 11.7 Å². The first-order chi connectivity index (χ1) is 11.2. The van der Waals surface area contributed by atoms with E-state index < -0.39 is 22.0 Å². The van der Waals surface area contributed by atoms with Crippen LogP contribution >= 0.6 is 0 Å². The second-order valence-electron chi connectivity index (χ2n) is 6.35. The number of anilines is 1. The summed E-state index contributed by atoms with van der Waals surface area (Å²) >= 11 is 0. The Balaban J connectivity index is 2.16. The minimum Gasteiger partial charge on any atom is -0.368 e. The molecule has 3 N–H and O–H groups in total. The molecule has 1 aliphatic rings. The predicted octanol–water partition coefficient (Wildman–Crippen LogP) is 0.992. The average Bonchev–Trinajstić information content (AvgIpc) is 2.92. The lowest BCUT2D eigenvalue weighted by atomic mass is 10.0. The van der Waals surface area contributed by atoms with Gasteiger partial charge in [0.15, 0.2) is 0 Å². The number of primary amides is 1. The third-order valence-corrected chi connectivity index (χ3v) is 5.37. The monoisotopic (exact) mass is 353 g/mol. The molecule has 1 fully saturated rings. The lowest BCUT2D eigenvalue weighted by molar-refractivity contribution is -0.120. The van der Waals surface area contributed by atoms with Gasteiger partial charge in [-0.15, -0.1) is 0 Å². The molecule has 0 bridgehead atoms. The number of hydrogen-bond acceptors (Lipinski definition) is 4. The number of carbonyl (C=O) groups excluding carboxylic acids is 2. The predicted molar refractivity (Wildman–Crippen MR) is 90.8 cm³/mol. The van der Waals surface area contributed by atoms with E-state index in [0.29, 0.717) is 25.1 Å². The van der Waals surface area contributed by atoms with Crippen molar-refractivity contribution in [3.8, 4) is 0 Å². The Morgan fingerprint density at radius 1 is 1.29 bits per heavy atom. The van der Waals surface area contributed by atoms with Crippen LogP contribution in [0.3, 0.4) is 0 Å². The normalized spacial score (nSPS) is 16.6. The summed E-state index contributed by atoms with van der Waals surface area (Å²) in [5.74, 6) is -0.547. The van der Waals surface area contributed by atoms with Gasteiger partial charge in [-0.3, -0.25) is 9.59 Å². The summed E-state index contributed by atoms with van der Waals surface area (Å²) in [6.45, 7) is 4.40. The van der Waals surface area contributed by atoms with Crippen LogP contribution in [0.4, 0.5) is 5.69 Å². The summed E-state index contributed by atoms with van der Waals surface area (Å²) in [5, 5.41) is 0. The maximum Gasteiger partial charge on any atom is 0.241 e. The van der Waals surface area contributed by atoms with Crippen LogP contribution < -0.4 is 15.4 Å². The first kappa shape index (κ1) is 18.4. The van der Waals surface area contributed by atoms with Crippen LogP contribution in [0.1, 0.15) is 33.1 Å². The highest BCUT2D eigenvalue weighted by Crippen LogP contribution is 2.23. The van der Waals surface area contributed by atoms with Crippen molar-refractivity contribution >= 4 is 27.5 Å². The first-order valence-corrected chi connectivity index (χ1v) is 9.41. The molecule has 0 radical (unpaired) electrons. The van der Waals surface area contributed by atoms with Gasteiger partial charge in [0.05, 0.1) is 4.90 Å². The number of amides is 2. The van der Waals surface area contributed by atoms with Gasteiger partial charge in [-0.1, -0.05) is 13.8 Å². The highest BCUT2D eigenvalue weighted by Gasteiger charge is 2.26. The molecule has 1 unspecified atom stereocenters. The summed E-state index contributed by atoms with van der Waals surface area (Å²) in [4.78, 5) is 24.9. The van der Waals surface area contributed by atoms with Crippen LogP contribution in [0, 0.1) is 5.92 Å². The van der Waals surface area contributed by atoms with Crippen molar-refractivity contribution in [2.75, 3.05) is 11.4 Å². The minimum atomic E-state index is -3.86. The van der Waals surface area contributed by atoms with Gasteiger partial charge in [-0.05, 0) is 43.0 Å². The standard InChI is InChI=1S/C16H23N3O4S/c1-11(2)10-14(16(17)21)18-24(22,23)13-7-5-12(6-8-13)19-9-3-4-15(19)20/h5-8,11,14,18H,3-4,9-10H2,1-2H3,(H2,17,21). The van der Waals surface area contributed by atoms with Crippen LogP contribution in [0.25, 0.3) is 0 Å². The Hall–Kier alpha value is -1.93. The highest BCUT2D eigenvalue weighted by atomic mass is 32.2. The summed E-state index contributed by atoms with van der Waals surface area (Å²) in [5.41, 5.74) is 5.95. The SMILES string of the molecule is CC(C)CC(NS(=O)(=O)c1ccc(N2CCCC2=O)cc1)C(N)=O. The molecule has 0 aromatic heterocycles. The Bertz CT molecular complexity index is 713. The van der Waals surface area contributed by atoms with Crippen molar-refractivity contribution in [3.63, 3.8) is 0 Å². The molecule has 0 aliphatic carbocycles. The molecule has 2 rings (SSSR count). The first-order valence-electron chi connectivity index (χ1n) is 7.93. The maximum atomic E-state index is 12.4. The van der Waals surface area contributed by atoms with E-state index in [-0.39, 0.29) is 16.7 Å². The molecule has 1 aromatic carbocycles. The van der Waals surface area contributed by atoms with Gasteiger partial charge in [0.1, 0.15) is 6.04 Å².